The molecule has 0 saturated carbocycles. The minimum absolute atomic E-state index is 0.0626. The van der Waals surface area contributed by atoms with Crippen LogP contribution in [0.2, 0.25) is 0 Å². The summed E-state index contributed by atoms with van der Waals surface area (Å²) in [5, 5.41) is 7.78. The van der Waals surface area contributed by atoms with Gasteiger partial charge in [0.25, 0.3) is 5.91 Å². The van der Waals surface area contributed by atoms with Gasteiger partial charge in [-0.3, -0.25) is 9.69 Å². The van der Waals surface area contributed by atoms with Crippen LogP contribution in [0.15, 0.2) is 42.6 Å². The highest BCUT2D eigenvalue weighted by Gasteiger charge is 2.30. The van der Waals surface area contributed by atoms with Crippen LogP contribution < -0.4 is 0 Å². The van der Waals surface area contributed by atoms with E-state index in [0.29, 0.717) is 24.7 Å². The maximum absolute atomic E-state index is 13.2. The summed E-state index contributed by atoms with van der Waals surface area (Å²) in [5.41, 5.74) is 1.48. The smallest absolute Gasteiger partial charge is 0.274 e. The highest BCUT2D eigenvalue weighted by Crippen LogP contribution is 2.21. The fraction of sp³-hybridized carbons (Fsp3) is 0.450. The van der Waals surface area contributed by atoms with E-state index in [1.165, 1.54) is 12.1 Å². The van der Waals surface area contributed by atoms with Crippen molar-refractivity contribution in [1.29, 1.82) is 0 Å². The lowest BCUT2D eigenvalue weighted by Gasteiger charge is -2.34. The quantitative estimate of drug-likeness (QED) is 0.845. The van der Waals surface area contributed by atoms with Crippen molar-refractivity contribution in [1.82, 2.24) is 20.0 Å². The second-order valence-electron chi connectivity index (χ2n) is 7.12. The highest BCUT2D eigenvalue weighted by atomic mass is 19.1. The Balaban J connectivity index is 1.75. The summed E-state index contributed by atoms with van der Waals surface area (Å²) in [6.07, 6.45) is 2.47. The summed E-state index contributed by atoms with van der Waals surface area (Å²) < 4.78 is 13.2. The van der Waals surface area contributed by atoms with Crippen molar-refractivity contribution < 1.29 is 9.18 Å². The van der Waals surface area contributed by atoms with Gasteiger partial charge in [-0.05, 0) is 42.2 Å². The molecular formula is C20H25FN4O. The van der Waals surface area contributed by atoms with Crippen molar-refractivity contribution in [2.75, 3.05) is 19.6 Å². The Morgan fingerprint density at radius 1 is 1.23 bits per heavy atom. The zero-order valence-electron chi connectivity index (χ0n) is 15.3. The van der Waals surface area contributed by atoms with E-state index >= 15 is 0 Å². The van der Waals surface area contributed by atoms with Gasteiger partial charge in [-0.1, -0.05) is 26.0 Å². The molecule has 2 heterocycles. The molecule has 1 aliphatic heterocycles. The first kappa shape index (κ1) is 18.5. The van der Waals surface area contributed by atoms with E-state index in [1.807, 2.05) is 17.0 Å². The fourth-order valence-corrected chi connectivity index (χ4v) is 3.48. The Kier molecular flexibility index (Phi) is 5.93. The predicted octanol–water partition coefficient (Wildman–Crippen LogP) is 2.99. The number of nitrogens with zero attached hydrogens (tertiary/aromatic N) is 4. The van der Waals surface area contributed by atoms with Gasteiger partial charge in [0.1, 0.15) is 5.82 Å². The molecule has 5 nitrogen and oxygen atoms in total. The average molecular weight is 356 g/mol. The van der Waals surface area contributed by atoms with Crippen molar-refractivity contribution in [3.63, 3.8) is 0 Å². The molecule has 1 fully saturated rings. The minimum atomic E-state index is -0.217. The van der Waals surface area contributed by atoms with Gasteiger partial charge < -0.3 is 4.90 Å². The molecule has 26 heavy (non-hydrogen) atoms. The molecule has 1 aromatic heterocycles. The lowest BCUT2D eigenvalue weighted by molar-refractivity contribution is 0.0695. The molecule has 1 aliphatic rings. The summed E-state index contributed by atoms with van der Waals surface area (Å²) in [7, 11) is 0. The summed E-state index contributed by atoms with van der Waals surface area (Å²) in [6, 6.07) is 10.4. The van der Waals surface area contributed by atoms with E-state index in [4.69, 9.17) is 0 Å². The van der Waals surface area contributed by atoms with Crippen molar-refractivity contribution in [2.24, 2.45) is 5.92 Å². The van der Waals surface area contributed by atoms with Gasteiger partial charge in [0, 0.05) is 38.4 Å². The minimum Gasteiger partial charge on any atom is -0.336 e. The number of hydrogen-bond donors (Lipinski definition) is 0. The van der Waals surface area contributed by atoms with Crippen LogP contribution in [-0.4, -0.2) is 51.6 Å². The molecule has 2 aromatic rings. The molecule has 3 rings (SSSR count). The fourth-order valence-electron chi connectivity index (χ4n) is 3.48. The van der Waals surface area contributed by atoms with Crippen molar-refractivity contribution in [3.8, 4) is 0 Å². The number of hydrogen-bond acceptors (Lipinski definition) is 4. The Morgan fingerprint density at radius 2 is 2.00 bits per heavy atom. The molecular weight excluding hydrogens is 331 g/mol. The van der Waals surface area contributed by atoms with Crippen LogP contribution in [0.5, 0.6) is 0 Å². The van der Waals surface area contributed by atoms with Gasteiger partial charge in [0.2, 0.25) is 0 Å². The van der Waals surface area contributed by atoms with E-state index in [9.17, 15) is 9.18 Å². The van der Waals surface area contributed by atoms with Crippen molar-refractivity contribution in [2.45, 2.75) is 32.9 Å². The van der Waals surface area contributed by atoms with Crippen LogP contribution in [0.3, 0.4) is 0 Å². The second-order valence-corrected chi connectivity index (χ2v) is 7.12. The Bertz CT molecular complexity index is 720. The van der Waals surface area contributed by atoms with Gasteiger partial charge in [-0.2, -0.15) is 5.10 Å². The van der Waals surface area contributed by atoms with E-state index < -0.39 is 0 Å². The van der Waals surface area contributed by atoms with E-state index in [1.54, 1.807) is 18.3 Å². The molecule has 6 heteroatoms. The van der Waals surface area contributed by atoms with Gasteiger partial charge in [-0.25, -0.2) is 4.39 Å². The van der Waals surface area contributed by atoms with E-state index in [2.05, 4.69) is 28.9 Å². The molecule has 1 saturated heterocycles. The number of amides is 1. The Labute approximate surface area is 153 Å². The number of halogens is 1. The SMILES string of the molecule is CC(C)C1CN(C(=O)c2cccnn2)CCCN1Cc1ccc(F)cc1. The summed E-state index contributed by atoms with van der Waals surface area (Å²) >= 11 is 0. The van der Waals surface area contributed by atoms with E-state index in [-0.39, 0.29) is 17.8 Å². The molecule has 1 aromatic carbocycles. The maximum atomic E-state index is 13.2. The van der Waals surface area contributed by atoms with Gasteiger partial charge in [0.15, 0.2) is 5.69 Å². The van der Waals surface area contributed by atoms with Crippen LogP contribution in [0.25, 0.3) is 0 Å². The molecule has 0 aliphatic carbocycles. The maximum Gasteiger partial charge on any atom is 0.274 e. The van der Waals surface area contributed by atoms with E-state index in [0.717, 1.165) is 25.1 Å². The van der Waals surface area contributed by atoms with Crippen LogP contribution in [0.4, 0.5) is 4.39 Å². The van der Waals surface area contributed by atoms with Crippen molar-refractivity contribution in [3.05, 3.63) is 59.7 Å². The lowest BCUT2D eigenvalue weighted by Crippen LogP contribution is -2.45. The lowest BCUT2D eigenvalue weighted by atomic mass is 10.0. The third-order valence-corrected chi connectivity index (χ3v) is 4.90. The zero-order valence-corrected chi connectivity index (χ0v) is 15.3. The molecule has 0 N–H and O–H groups in total. The monoisotopic (exact) mass is 356 g/mol. The largest absolute Gasteiger partial charge is 0.336 e. The number of rotatable bonds is 4. The molecule has 0 bridgehead atoms. The number of carbonyl (C=O) groups excluding carboxylic acids is 1. The standard InChI is InChI=1S/C20H25FN4O/c1-15(2)19-14-25(20(26)18-5-3-10-22-23-18)12-4-11-24(19)13-16-6-8-17(21)9-7-16/h3,5-10,15,19H,4,11-14H2,1-2H3. The molecule has 1 unspecified atom stereocenters. The normalized spacial score (nSPS) is 18.8. The average Bonchev–Trinajstić information content (AvgIpc) is 2.86. The second kappa shape index (κ2) is 8.36. The van der Waals surface area contributed by atoms with Crippen LogP contribution in [0.1, 0.15) is 36.3 Å². The number of aromatic nitrogens is 2. The first-order valence-electron chi connectivity index (χ1n) is 9.10. The highest BCUT2D eigenvalue weighted by molar-refractivity contribution is 5.92. The molecule has 1 amide bonds. The zero-order chi connectivity index (χ0) is 18.5. The number of carbonyl (C=O) groups is 1. The number of benzene rings is 1. The first-order valence-corrected chi connectivity index (χ1v) is 9.10. The van der Waals surface area contributed by atoms with Crippen LogP contribution in [-0.2, 0) is 6.54 Å². The third kappa shape index (κ3) is 4.43. The van der Waals surface area contributed by atoms with Gasteiger partial charge in [0.05, 0.1) is 0 Å². The van der Waals surface area contributed by atoms with Gasteiger partial charge >= 0.3 is 0 Å². The molecule has 0 radical (unpaired) electrons. The summed E-state index contributed by atoms with van der Waals surface area (Å²) in [6.45, 7) is 7.39. The summed E-state index contributed by atoms with van der Waals surface area (Å²) in [5.74, 6) is 0.115. The van der Waals surface area contributed by atoms with Crippen molar-refractivity contribution >= 4 is 5.91 Å². The first-order chi connectivity index (χ1) is 12.5. The Morgan fingerprint density at radius 3 is 2.65 bits per heavy atom. The van der Waals surface area contributed by atoms with Crippen LogP contribution in [0, 0.1) is 11.7 Å². The molecule has 0 spiro atoms. The molecule has 138 valence electrons. The van der Waals surface area contributed by atoms with Gasteiger partial charge in [-0.15, -0.1) is 5.10 Å². The molecule has 1 atom stereocenters. The summed E-state index contributed by atoms with van der Waals surface area (Å²) in [4.78, 5) is 17.1. The third-order valence-electron chi connectivity index (χ3n) is 4.90. The predicted molar refractivity (Wildman–Crippen MR) is 98.0 cm³/mol. The topological polar surface area (TPSA) is 49.3 Å². The Hall–Kier alpha value is -2.34. The van der Waals surface area contributed by atoms with Crippen LogP contribution >= 0.6 is 0 Å².